The lowest BCUT2D eigenvalue weighted by atomic mass is 10.6. The summed E-state index contributed by atoms with van der Waals surface area (Å²) in [6.07, 6.45) is 1.61. The highest BCUT2D eigenvalue weighted by atomic mass is 28.4. The van der Waals surface area contributed by atoms with Gasteiger partial charge in [0.2, 0.25) is 0 Å². The third-order valence-corrected chi connectivity index (χ3v) is 18.6. The molecule has 0 aliphatic heterocycles. The van der Waals surface area contributed by atoms with Gasteiger partial charge in [-0.2, -0.15) is 0 Å². The summed E-state index contributed by atoms with van der Waals surface area (Å²) in [5, 5.41) is 0. The minimum atomic E-state index is -2.62. The average molecular weight is 529 g/mol. The van der Waals surface area contributed by atoms with Gasteiger partial charge in [-0.15, -0.1) is 0 Å². The number of hydrogen-bond acceptors (Lipinski definition) is 6. The molecule has 0 unspecified atom stereocenters. The molecule has 0 aliphatic rings. The van der Waals surface area contributed by atoms with E-state index in [0.717, 1.165) is 0 Å². The van der Waals surface area contributed by atoms with Crippen LogP contribution in [0.25, 0.3) is 0 Å². The summed E-state index contributed by atoms with van der Waals surface area (Å²) in [4.78, 5) is 0. The third-order valence-electron chi connectivity index (χ3n) is 3.07. The molecule has 0 spiro atoms. The molecule has 0 fully saturated rings. The molecule has 0 rings (SSSR count). The molecule has 0 heterocycles. The second-order valence-electron chi connectivity index (χ2n) is 12.0. The molecule has 0 amide bonds. The second kappa shape index (κ2) is 9.97. The Labute approximate surface area is 192 Å². The van der Waals surface area contributed by atoms with Crippen LogP contribution in [0.5, 0.6) is 0 Å². The fraction of sp³-hybridized carbons (Fsp3) is 0.889. The van der Waals surface area contributed by atoms with Gasteiger partial charge in [-0.3, -0.25) is 0 Å². The Morgan fingerprint density at radius 1 is 0.467 bits per heavy atom. The summed E-state index contributed by atoms with van der Waals surface area (Å²) in [6, 6.07) is 0. The lowest BCUT2D eigenvalue weighted by Crippen LogP contribution is -2.61. The van der Waals surface area contributed by atoms with E-state index in [4.69, 9.17) is 25.6 Å². The lowest BCUT2D eigenvalue weighted by molar-refractivity contribution is -0.247. The predicted molar refractivity (Wildman–Crippen MR) is 142 cm³/mol. The molecule has 0 saturated heterocycles. The number of hydrogen-bond donors (Lipinski definition) is 0. The Morgan fingerprint density at radius 3 is 0.800 bits per heavy atom. The van der Waals surface area contributed by atoms with Crippen molar-refractivity contribution in [1.29, 1.82) is 0 Å². The molecule has 0 aliphatic carbocycles. The molecule has 0 radical (unpaired) electrons. The summed E-state index contributed by atoms with van der Waals surface area (Å²) >= 11 is 0. The highest BCUT2D eigenvalue weighted by molar-refractivity contribution is 6.83. The van der Waals surface area contributed by atoms with Gasteiger partial charge < -0.3 is 25.6 Å². The standard InChI is InChI=1S/C18H48O6Si6/c1-17-18(19-28(11,12)22-25(2,3)4,20-29(13,14)23-26(5,6)7)21-30(15,16)24-27(8,9)10/h17H,1H2,2-16H3. The average Bonchev–Trinajstić information content (AvgIpc) is 2.25. The molecule has 0 bridgehead atoms. The van der Waals surface area contributed by atoms with Crippen molar-refractivity contribution >= 4 is 50.6 Å². The minimum absolute atomic E-state index is 1.46. The largest absolute Gasteiger partial charge is 0.436 e. The zero-order chi connectivity index (χ0) is 24.4. The van der Waals surface area contributed by atoms with E-state index >= 15 is 0 Å². The van der Waals surface area contributed by atoms with E-state index in [0.29, 0.717) is 0 Å². The maximum absolute atomic E-state index is 6.58. The van der Waals surface area contributed by atoms with Crippen LogP contribution in [-0.2, 0) is 25.6 Å². The summed E-state index contributed by atoms with van der Waals surface area (Å²) in [7, 11) is -13.3. The molecule has 12 heteroatoms. The highest BCUT2D eigenvalue weighted by Crippen LogP contribution is 2.34. The van der Waals surface area contributed by atoms with Gasteiger partial charge in [0.25, 0.3) is 5.97 Å². The molecule has 0 atom stereocenters. The molecule has 0 saturated carbocycles. The van der Waals surface area contributed by atoms with Crippen LogP contribution in [0.4, 0.5) is 0 Å². The van der Waals surface area contributed by atoms with Gasteiger partial charge in [-0.25, -0.2) is 0 Å². The molecule has 6 nitrogen and oxygen atoms in total. The van der Waals surface area contributed by atoms with Crippen molar-refractivity contribution < 1.29 is 25.6 Å². The van der Waals surface area contributed by atoms with E-state index in [1.54, 1.807) is 6.08 Å². The smallest absolute Gasteiger partial charge is 0.326 e. The van der Waals surface area contributed by atoms with E-state index in [1.165, 1.54) is 0 Å². The van der Waals surface area contributed by atoms with Gasteiger partial charge >= 0.3 is 25.7 Å². The molecule has 30 heavy (non-hydrogen) atoms. The van der Waals surface area contributed by atoms with Gasteiger partial charge in [-0.05, 0) is 104 Å². The van der Waals surface area contributed by atoms with Crippen LogP contribution in [0.15, 0.2) is 12.7 Å². The first kappa shape index (κ1) is 30.8. The molecule has 180 valence electrons. The fourth-order valence-electron chi connectivity index (χ4n) is 3.49. The SMILES string of the molecule is C=CC(O[Si](C)(C)O[Si](C)(C)C)(O[Si](C)(C)O[Si](C)(C)C)O[Si](C)(C)O[Si](C)(C)C. The summed E-state index contributed by atoms with van der Waals surface area (Å²) in [5.41, 5.74) is 0. The second-order valence-corrected chi connectivity index (χ2v) is 36.1. The highest BCUT2D eigenvalue weighted by Gasteiger charge is 2.51. The molecule has 0 aromatic carbocycles. The molecule has 0 aromatic rings. The Bertz CT molecular complexity index is 501. The third kappa shape index (κ3) is 14.1. The Balaban J connectivity index is 6.12. The van der Waals surface area contributed by atoms with Crippen molar-refractivity contribution in [2.45, 2.75) is 104 Å². The van der Waals surface area contributed by atoms with Gasteiger partial charge in [0.1, 0.15) is 0 Å². The van der Waals surface area contributed by atoms with E-state index < -0.39 is 56.6 Å². The summed E-state index contributed by atoms with van der Waals surface area (Å²) in [6.45, 7) is 35.6. The zero-order valence-electron chi connectivity index (χ0n) is 22.2. The van der Waals surface area contributed by atoms with Crippen LogP contribution in [0, 0.1) is 0 Å². The Kier molecular flexibility index (Phi) is 10.2. The Morgan fingerprint density at radius 2 is 0.667 bits per heavy atom. The first-order chi connectivity index (χ1) is 12.8. The molecular weight excluding hydrogens is 481 g/mol. The van der Waals surface area contributed by atoms with Crippen molar-refractivity contribution in [3.05, 3.63) is 12.7 Å². The first-order valence-corrected chi connectivity index (χ1v) is 29.3. The van der Waals surface area contributed by atoms with Gasteiger partial charge in [0, 0.05) is 0 Å². The van der Waals surface area contributed by atoms with Crippen LogP contribution in [0.2, 0.25) is 98.2 Å². The van der Waals surface area contributed by atoms with Crippen molar-refractivity contribution in [1.82, 2.24) is 0 Å². The normalized spacial score (nSPS) is 15.4. The topological polar surface area (TPSA) is 55.4 Å². The van der Waals surface area contributed by atoms with Crippen molar-refractivity contribution in [2.75, 3.05) is 0 Å². The van der Waals surface area contributed by atoms with Crippen LogP contribution in [0.3, 0.4) is 0 Å². The molecule has 0 N–H and O–H groups in total. The van der Waals surface area contributed by atoms with Crippen LogP contribution in [0.1, 0.15) is 0 Å². The molecule has 0 aromatic heterocycles. The number of rotatable bonds is 13. The van der Waals surface area contributed by atoms with Crippen LogP contribution in [-0.4, -0.2) is 56.6 Å². The van der Waals surface area contributed by atoms with E-state index in [9.17, 15) is 0 Å². The summed E-state index contributed by atoms with van der Waals surface area (Å²) in [5.74, 6) is -1.46. The van der Waals surface area contributed by atoms with Crippen molar-refractivity contribution in [3.63, 3.8) is 0 Å². The van der Waals surface area contributed by atoms with Crippen molar-refractivity contribution in [2.24, 2.45) is 0 Å². The zero-order valence-corrected chi connectivity index (χ0v) is 28.2. The van der Waals surface area contributed by atoms with Gasteiger partial charge in [0.05, 0.1) is 0 Å². The van der Waals surface area contributed by atoms with E-state index in [1.807, 2.05) is 39.3 Å². The summed E-state index contributed by atoms with van der Waals surface area (Å²) < 4.78 is 39.0. The fourth-order valence-corrected chi connectivity index (χ4v) is 24.5. The van der Waals surface area contributed by atoms with E-state index in [2.05, 4.69) is 65.5 Å². The minimum Gasteiger partial charge on any atom is -0.436 e. The van der Waals surface area contributed by atoms with Crippen LogP contribution >= 0.6 is 0 Å². The quantitative estimate of drug-likeness (QED) is 0.154. The lowest BCUT2D eigenvalue weighted by Gasteiger charge is -2.46. The maximum Gasteiger partial charge on any atom is 0.326 e. The Hall–Kier alpha value is 0.801. The monoisotopic (exact) mass is 528 g/mol. The van der Waals surface area contributed by atoms with E-state index in [-0.39, 0.29) is 0 Å². The predicted octanol–water partition coefficient (Wildman–Crippen LogP) is 6.54. The molecular formula is C18H48O6Si6. The van der Waals surface area contributed by atoms with Crippen molar-refractivity contribution in [3.8, 4) is 0 Å². The maximum atomic E-state index is 6.58. The van der Waals surface area contributed by atoms with Gasteiger partial charge in [-0.1, -0.05) is 6.58 Å². The van der Waals surface area contributed by atoms with Crippen LogP contribution < -0.4 is 0 Å². The van der Waals surface area contributed by atoms with Gasteiger partial charge in [0.15, 0.2) is 25.0 Å². The first-order valence-electron chi connectivity index (χ1n) is 10.6.